The van der Waals surface area contributed by atoms with E-state index < -0.39 is 0 Å². The number of hydrogen-bond acceptors (Lipinski definition) is 1. The van der Waals surface area contributed by atoms with E-state index in [1.54, 1.807) is 5.57 Å². The highest BCUT2D eigenvalue weighted by Crippen LogP contribution is 2.34. The van der Waals surface area contributed by atoms with Crippen LogP contribution in [-0.2, 0) is 19.5 Å². The lowest BCUT2D eigenvalue weighted by Gasteiger charge is -2.10. The van der Waals surface area contributed by atoms with Gasteiger partial charge in [0.25, 0.3) is 0 Å². The molecule has 0 radical (unpaired) electrons. The number of fused-ring (bicyclic) bond motifs is 1. The second-order valence-corrected chi connectivity index (χ2v) is 8.33. The van der Waals surface area contributed by atoms with Gasteiger partial charge >= 0.3 is 0 Å². The van der Waals surface area contributed by atoms with Crippen molar-refractivity contribution in [1.82, 2.24) is 5.32 Å². The molecule has 0 atom stereocenters. The van der Waals surface area contributed by atoms with Crippen molar-refractivity contribution in [3.05, 3.63) is 100 Å². The number of allylic oxidation sites excluding steroid dienone is 5. The van der Waals surface area contributed by atoms with Gasteiger partial charge in [-0.3, -0.25) is 0 Å². The summed E-state index contributed by atoms with van der Waals surface area (Å²) >= 11 is 0. The first-order valence-electron chi connectivity index (χ1n) is 12.0. The quantitative estimate of drug-likeness (QED) is 0.517. The van der Waals surface area contributed by atoms with Crippen LogP contribution in [0, 0.1) is 6.92 Å². The number of aryl methyl sites for hydroxylation is 2. The summed E-state index contributed by atoms with van der Waals surface area (Å²) in [7, 11) is 0. The van der Waals surface area contributed by atoms with Gasteiger partial charge < -0.3 is 5.32 Å². The van der Waals surface area contributed by atoms with Crippen LogP contribution < -0.4 is 5.32 Å². The molecule has 0 saturated heterocycles. The molecule has 0 unspecified atom stereocenters. The highest BCUT2D eigenvalue weighted by Gasteiger charge is 2.17. The summed E-state index contributed by atoms with van der Waals surface area (Å²) in [6.07, 6.45) is 10.6. The zero-order valence-corrected chi connectivity index (χ0v) is 20.4. The number of benzene rings is 2. The van der Waals surface area contributed by atoms with Gasteiger partial charge in [-0.25, -0.2) is 0 Å². The van der Waals surface area contributed by atoms with Crippen LogP contribution in [0.5, 0.6) is 0 Å². The van der Waals surface area contributed by atoms with Crippen LogP contribution in [0.4, 0.5) is 0 Å². The third kappa shape index (κ3) is 7.67. The second kappa shape index (κ2) is 13.1. The molecule has 0 spiro atoms. The molecule has 1 N–H and O–H groups in total. The van der Waals surface area contributed by atoms with Gasteiger partial charge in [-0.15, -0.1) is 0 Å². The van der Waals surface area contributed by atoms with Crippen molar-refractivity contribution in [1.29, 1.82) is 0 Å². The van der Waals surface area contributed by atoms with E-state index in [0.717, 1.165) is 25.9 Å². The van der Waals surface area contributed by atoms with Crippen molar-refractivity contribution < 1.29 is 0 Å². The van der Waals surface area contributed by atoms with Gasteiger partial charge in [0.05, 0.1) is 0 Å². The highest BCUT2D eigenvalue weighted by molar-refractivity contribution is 5.73. The average molecular weight is 416 g/mol. The zero-order valence-electron chi connectivity index (χ0n) is 20.4. The number of nitrogens with one attached hydrogen (secondary N) is 1. The summed E-state index contributed by atoms with van der Waals surface area (Å²) in [5, 5.41) is 3.53. The maximum Gasteiger partial charge on any atom is 0.0208 e. The molecule has 0 amide bonds. The number of rotatable bonds is 5. The van der Waals surface area contributed by atoms with Crippen LogP contribution in [0.2, 0.25) is 0 Å². The Hall–Kier alpha value is -2.38. The minimum atomic E-state index is 0.920. The van der Waals surface area contributed by atoms with Crippen LogP contribution in [0.1, 0.15) is 81.2 Å². The molecule has 2 aliphatic rings. The normalized spacial score (nSPS) is 14.4. The van der Waals surface area contributed by atoms with Crippen LogP contribution in [0.15, 0.2) is 72.3 Å². The Labute approximate surface area is 191 Å². The lowest BCUT2D eigenvalue weighted by Crippen LogP contribution is -2.13. The molecule has 1 nitrogen and oxygen atoms in total. The van der Waals surface area contributed by atoms with E-state index in [0.29, 0.717) is 0 Å². The third-order valence-electron chi connectivity index (χ3n) is 5.93. The zero-order chi connectivity index (χ0) is 22.6. The molecular weight excluding hydrogens is 374 g/mol. The van der Waals surface area contributed by atoms with Gasteiger partial charge in [-0.05, 0) is 79.3 Å². The Morgan fingerprint density at radius 2 is 1.55 bits per heavy atom. The van der Waals surface area contributed by atoms with E-state index in [-0.39, 0.29) is 0 Å². The largest absolute Gasteiger partial charge is 0.309 e. The second-order valence-electron chi connectivity index (χ2n) is 8.33. The Balaban J connectivity index is 0.000000261. The van der Waals surface area contributed by atoms with E-state index >= 15 is 0 Å². The first-order chi connectivity index (χ1) is 15.1. The number of hydrogen-bond donors (Lipinski definition) is 1. The summed E-state index contributed by atoms with van der Waals surface area (Å²) in [5.41, 5.74) is 11.4. The summed E-state index contributed by atoms with van der Waals surface area (Å²) < 4.78 is 0. The Bertz CT molecular complexity index is 900. The van der Waals surface area contributed by atoms with Crippen LogP contribution in [0.25, 0.3) is 5.57 Å². The fraction of sp³-hybridized carbons (Fsp3) is 0.400. The van der Waals surface area contributed by atoms with Crippen molar-refractivity contribution in [2.24, 2.45) is 0 Å². The molecule has 2 aromatic carbocycles. The van der Waals surface area contributed by atoms with Crippen molar-refractivity contribution in [2.45, 2.75) is 79.8 Å². The first kappa shape index (κ1) is 24.9. The lowest BCUT2D eigenvalue weighted by atomic mass is 9.98. The Kier molecular flexibility index (Phi) is 10.5. The topological polar surface area (TPSA) is 12.0 Å². The molecule has 0 bridgehead atoms. The summed E-state index contributed by atoms with van der Waals surface area (Å²) in [4.78, 5) is 0. The molecule has 2 aliphatic carbocycles. The summed E-state index contributed by atoms with van der Waals surface area (Å²) in [6, 6.07) is 15.2. The fourth-order valence-corrected chi connectivity index (χ4v) is 4.18. The minimum absolute atomic E-state index is 0.920. The predicted molar refractivity (Wildman–Crippen MR) is 138 cm³/mol. The maximum absolute atomic E-state index is 4.17. The Morgan fingerprint density at radius 3 is 2.19 bits per heavy atom. The molecule has 1 heteroatoms. The summed E-state index contributed by atoms with van der Waals surface area (Å²) in [5.74, 6) is 0. The molecule has 31 heavy (non-hydrogen) atoms. The highest BCUT2D eigenvalue weighted by atomic mass is 14.8. The van der Waals surface area contributed by atoms with E-state index in [2.05, 4.69) is 87.3 Å². The molecule has 0 saturated carbocycles. The van der Waals surface area contributed by atoms with Gasteiger partial charge in [-0.1, -0.05) is 93.1 Å². The Morgan fingerprint density at radius 1 is 0.839 bits per heavy atom. The molecule has 4 rings (SSSR count). The third-order valence-corrected chi connectivity index (χ3v) is 5.93. The van der Waals surface area contributed by atoms with E-state index in [1.807, 2.05) is 13.8 Å². The lowest BCUT2D eigenvalue weighted by molar-refractivity contribution is 0.692. The molecule has 0 aromatic heterocycles. The molecule has 0 fully saturated rings. The molecule has 166 valence electrons. The maximum atomic E-state index is 4.17. The monoisotopic (exact) mass is 415 g/mol. The standard InChI is InChI=1S/C19H21N.C9H14.C2H6/c1-14-8-9-18-11-17(10-15(2)19(14)18)13-20-12-16-6-4-3-5-7-16;1-3-9-6-4-8(2)5-7-9;1-2/h3-7,10-11,20H,1,8-9,12-13H2,2H3;4,6H,3,5,7H2,1-2H3;1-2H3. The van der Waals surface area contributed by atoms with Crippen molar-refractivity contribution in [3.8, 4) is 0 Å². The SMILES string of the molecule is C=C1CCc2cc(CNCc3ccccc3)cc(C)c21.CC.CCC1=CC=C(C)CC1. The van der Waals surface area contributed by atoms with Crippen LogP contribution >= 0.6 is 0 Å². The van der Waals surface area contributed by atoms with E-state index in [4.69, 9.17) is 0 Å². The fourth-order valence-electron chi connectivity index (χ4n) is 4.18. The van der Waals surface area contributed by atoms with Gasteiger partial charge in [-0.2, -0.15) is 0 Å². The van der Waals surface area contributed by atoms with Crippen molar-refractivity contribution >= 4 is 5.57 Å². The van der Waals surface area contributed by atoms with E-state index in [1.165, 1.54) is 58.2 Å². The predicted octanol–water partition coefficient (Wildman–Crippen LogP) is 8.33. The van der Waals surface area contributed by atoms with Crippen LogP contribution in [-0.4, -0.2) is 0 Å². The first-order valence-corrected chi connectivity index (χ1v) is 12.0. The van der Waals surface area contributed by atoms with Gasteiger partial charge in [0.2, 0.25) is 0 Å². The van der Waals surface area contributed by atoms with Crippen molar-refractivity contribution in [2.75, 3.05) is 0 Å². The average Bonchev–Trinajstić information content (AvgIpc) is 3.18. The van der Waals surface area contributed by atoms with Crippen LogP contribution in [0.3, 0.4) is 0 Å². The smallest absolute Gasteiger partial charge is 0.0208 e. The van der Waals surface area contributed by atoms with Crippen molar-refractivity contribution in [3.63, 3.8) is 0 Å². The van der Waals surface area contributed by atoms with Gasteiger partial charge in [0, 0.05) is 13.1 Å². The minimum Gasteiger partial charge on any atom is -0.309 e. The molecule has 0 heterocycles. The van der Waals surface area contributed by atoms with E-state index in [9.17, 15) is 0 Å². The molecular formula is C30H41N. The molecule has 0 aliphatic heterocycles. The van der Waals surface area contributed by atoms with Gasteiger partial charge in [0.15, 0.2) is 0 Å². The molecule has 2 aromatic rings. The van der Waals surface area contributed by atoms with Gasteiger partial charge in [0.1, 0.15) is 0 Å². The summed E-state index contributed by atoms with van der Waals surface area (Å²) in [6.45, 7) is 16.6.